The molecule has 0 aliphatic heterocycles. The van der Waals surface area contributed by atoms with Crippen LogP contribution in [0.5, 0.6) is 0 Å². The second-order valence-corrected chi connectivity index (χ2v) is 2.57. The fraction of sp³-hybridized carbons (Fsp3) is 0.333. The fourth-order valence-electron chi connectivity index (χ4n) is 0.461. The van der Waals surface area contributed by atoms with Gasteiger partial charge in [-0.2, -0.15) is 0 Å². The summed E-state index contributed by atoms with van der Waals surface area (Å²) in [5, 5.41) is 0. The Balaban J connectivity index is 2.77. The molecule has 8 heavy (non-hydrogen) atoms. The molecule has 0 aromatic carbocycles. The number of rotatable bonds is 1. The molecule has 1 unspecified atom stereocenters. The third kappa shape index (κ3) is 1.07. The van der Waals surface area contributed by atoms with E-state index in [1.165, 1.54) is 11.5 Å². The van der Waals surface area contributed by atoms with Crippen LogP contribution >= 0.6 is 11.5 Å². The molecule has 0 saturated carbocycles. The number of hydrogen-bond donors (Lipinski definition) is 0. The van der Waals surface area contributed by atoms with E-state index in [1.54, 1.807) is 6.20 Å². The first-order chi connectivity index (χ1) is 3.80. The van der Waals surface area contributed by atoms with Gasteiger partial charge in [-0.25, -0.2) is 4.37 Å². The summed E-state index contributed by atoms with van der Waals surface area (Å²) in [6.07, 6.45) is 1.77. The minimum atomic E-state index is 0.141. The summed E-state index contributed by atoms with van der Waals surface area (Å²) in [6.45, 7) is 7.48. The highest BCUT2D eigenvalue weighted by Gasteiger charge is 1.97. The Morgan fingerprint density at radius 2 is 2.62 bits per heavy atom. The lowest BCUT2D eigenvalue weighted by Gasteiger charge is -1.93. The summed E-state index contributed by atoms with van der Waals surface area (Å²) in [4.78, 5) is 1.14. The zero-order chi connectivity index (χ0) is 5.98. The zero-order valence-corrected chi connectivity index (χ0v) is 5.48. The van der Waals surface area contributed by atoms with Crippen molar-refractivity contribution in [2.45, 2.75) is 12.8 Å². The number of aromatic nitrogens is 1. The Morgan fingerprint density at radius 3 is 2.88 bits per heavy atom. The van der Waals surface area contributed by atoms with Crippen LogP contribution in [-0.2, 0) is 0 Å². The van der Waals surface area contributed by atoms with Crippen LogP contribution in [0.25, 0.3) is 0 Å². The van der Waals surface area contributed by atoms with Crippen LogP contribution in [0.4, 0.5) is 0 Å². The predicted octanol–water partition coefficient (Wildman–Crippen LogP) is 1.96. The van der Waals surface area contributed by atoms with Gasteiger partial charge in [0.05, 0.1) is 0 Å². The SMILES string of the molecule is [CH]C(C)c1ccns1. The van der Waals surface area contributed by atoms with Gasteiger partial charge >= 0.3 is 0 Å². The lowest BCUT2D eigenvalue weighted by atomic mass is 10.2. The van der Waals surface area contributed by atoms with Crippen molar-refractivity contribution in [2.75, 3.05) is 0 Å². The maximum absolute atomic E-state index is 5.53. The van der Waals surface area contributed by atoms with Crippen molar-refractivity contribution in [1.82, 2.24) is 4.37 Å². The molecule has 0 aliphatic rings. The molecule has 1 rings (SSSR count). The van der Waals surface area contributed by atoms with Crippen LogP contribution in [0, 0.1) is 6.92 Å². The molecule has 2 heteroatoms. The molecule has 0 aliphatic carbocycles. The molecule has 1 atom stereocenters. The normalized spacial score (nSPS) is 10.4. The van der Waals surface area contributed by atoms with E-state index in [9.17, 15) is 0 Å². The molecule has 0 saturated heterocycles. The Bertz CT molecular complexity index is 144. The molecule has 42 valence electrons. The average molecular weight is 125 g/mol. The van der Waals surface area contributed by atoms with E-state index in [-0.39, 0.29) is 5.92 Å². The van der Waals surface area contributed by atoms with Gasteiger partial charge in [0.15, 0.2) is 0 Å². The topological polar surface area (TPSA) is 12.9 Å². The molecule has 1 aromatic heterocycles. The molecule has 1 aromatic rings. The molecular weight excluding hydrogens is 118 g/mol. The van der Waals surface area contributed by atoms with Crippen LogP contribution in [-0.4, -0.2) is 4.37 Å². The largest absolute Gasteiger partial charge is 0.201 e. The molecule has 0 N–H and O–H groups in total. The molecule has 0 fully saturated rings. The zero-order valence-electron chi connectivity index (χ0n) is 4.66. The first-order valence-electron chi connectivity index (χ1n) is 2.47. The second kappa shape index (κ2) is 2.27. The first-order valence-corrected chi connectivity index (χ1v) is 3.24. The van der Waals surface area contributed by atoms with Crippen molar-refractivity contribution in [2.24, 2.45) is 0 Å². The van der Waals surface area contributed by atoms with Gasteiger partial charge in [-0.15, -0.1) is 0 Å². The van der Waals surface area contributed by atoms with Crippen LogP contribution in [0.1, 0.15) is 17.7 Å². The summed E-state index contributed by atoms with van der Waals surface area (Å²) < 4.78 is 3.91. The van der Waals surface area contributed by atoms with Gasteiger partial charge < -0.3 is 0 Å². The summed E-state index contributed by atoms with van der Waals surface area (Å²) in [7, 11) is 0. The lowest BCUT2D eigenvalue weighted by Crippen LogP contribution is -1.77. The molecule has 2 radical (unpaired) electrons. The molecule has 0 spiro atoms. The van der Waals surface area contributed by atoms with Gasteiger partial charge in [0.2, 0.25) is 0 Å². The van der Waals surface area contributed by atoms with E-state index >= 15 is 0 Å². The van der Waals surface area contributed by atoms with Crippen molar-refractivity contribution >= 4 is 11.5 Å². The fourth-order valence-corrected chi connectivity index (χ4v) is 0.992. The Kier molecular flexibility index (Phi) is 1.63. The van der Waals surface area contributed by atoms with Crippen LogP contribution in [0.15, 0.2) is 12.3 Å². The third-order valence-corrected chi connectivity index (χ3v) is 1.85. The highest BCUT2D eigenvalue weighted by atomic mass is 32.1. The maximum atomic E-state index is 5.53. The summed E-state index contributed by atoms with van der Waals surface area (Å²) in [5.74, 6) is 0.141. The molecule has 1 nitrogen and oxygen atoms in total. The van der Waals surface area contributed by atoms with Gasteiger partial charge in [-0.3, -0.25) is 0 Å². The highest BCUT2D eigenvalue weighted by molar-refractivity contribution is 7.05. The van der Waals surface area contributed by atoms with Crippen molar-refractivity contribution in [3.8, 4) is 0 Å². The summed E-state index contributed by atoms with van der Waals surface area (Å²) in [5.41, 5.74) is 0. The monoisotopic (exact) mass is 125 g/mol. The Hall–Kier alpha value is -0.370. The number of nitrogens with zero attached hydrogens (tertiary/aromatic N) is 1. The van der Waals surface area contributed by atoms with E-state index in [1.807, 2.05) is 13.0 Å². The summed E-state index contributed by atoms with van der Waals surface area (Å²) >= 11 is 1.46. The predicted molar refractivity (Wildman–Crippen MR) is 34.8 cm³/mol. The van der Waals surface area contributed by atoms with E-state index in [0.717, 1.165) is 4.88 Å². The quantitative estimate of drug-likeness (QED) is 0.559. The minimum Gasteiger partial charge on any atom is -0.201 e. The van der Waals surface area contributed by atoms with E-state index in [2.05, 4.69) is 4.37 Å². The lowest BCUT2D eigenvalue weighted by molar-refractivity contribution is 0.994. The van der Waals surface area contributed by atoms with Crippen LogP contribution < -0.4 is 0 Å². The Labute approximate surface area is 53.5 Å². The summed E-state index contributed by atoms with van der Waals surface area (Å²) in [6, 6.07) is 1.94. The van der Waals surface area contributed by atoms with E-state index in [4.69, 9.17) is 6.92 Å². The average Bonchev–Trinajstić information content (AvgIpc) is 2.12. The molecule has 1 heterocycles. The minimum absolute atomic E-state index is 0.141. The standard InChI is InChI=1S/C6H7NS/c1-5(2)6-3-4-7-8-6/h1,3-5H,2H3. The second-order valence-electron chi connectivity index (χ2n) is 1.70. The third-order valence-electron chi connectivity index (χ3n) is 0.907. The van der Waals surface area contributed by atoms with Crippen molar-refractivity contribution in [3.05, 3.63) is 24.1 Å². The van der Waals surface area contributed by atoms with Crippen molar-refractivity contribution in [1.29, 1.82) is 0 Å². The van der Waals surface area contributed by atoms with Gasteiger partial charge in [-0.05, 0) is 30.4 Å². The van der Waals surface area contributed by atoms with Crippen LogP contribution in [0.2, 0.25) is 0 Å². The van der Waals surface area contributed by atoms with Crippen molar-refractivity contribution in [3.63, 3.8) is 0 Å². The van der Waals surface area contributed by atoms with Gasteiger partial charge in [0.1, 0.15) is 0 Å². The van der Waals surface area contributed by atoms with Crippen LogP contribution in [0.3, 0.4) is 0 Å². The van der Waals surface area contributed by atoms with Crippen molar-refractivity contribution < 1.29 is 0 Å². The highest BCUT2D eigenvalue weighted by Crippen LogP contribution is 2.15. The number of hydrogen-bond acceptors (Lipinski definition) is 2. The molecular formula is C6H7NS. The maximum Gasteiger partial charge on any atom is 0.0409 e. The molecule has 0 bridgehead atoms. The van der Waals surface area contributed by atoms with Gasteiger partial charge in [-0.1, -0.05) is 6.92 Å². The Morgan fingerprint density at radius 1 is 1.88 bits per heavy atom. The molecule has 0 amide bonds. The van der Waals surface area contributed by atoms with Gasteiger partial charge in [0, 0.05) is 11.1 Å². The smallest absolute Gasteiger partial charge is 0.0409 e. The van der Waals surface area contributed by atoms with Gasteiger partial charge in [0.25, 0.3) is 0 Å². The van der Waals surface area contributed by atoms with E-state index < -0.39 is 0 Å². The van der Waals surface area contributed by atoms with E-state index in [0.29, 0.717) is 0 Å². The first kappa shape index (κ1) is 5.76.